The summed E-state index contributed by atoms with van der Waals surface area (Å²) in [5.41, 5.74) is 1.68. The van der Waals surface area contributed by atoms with Crippen LogP contribution in [0.15, 0.2) is 11.6 Å². The van der Waals surface area contributed by atoms with Gasteiger partial charge in [-0.25, -0.2) is 10.6 Å². The molecule has 8 nitrogen and oxygen atoms in total. The van der Waals surface area contributed by atoms with Gasteiger partial charge in [-0.3, -0.25) is 19.9 Å². The van der Waals surface area contributed by atoms with Crippen LogP contribution in [0.4, 0.5) is 4.79 Å². The van der Waals surface area contributed by atoms with Gasteiger partial charge in [-0.15, -0.1) is 0 Å². The molecule has 1 aliphatic rings. The Kier molecular flexibility index (Phi) is 7.20. The molecule has 0 saturated carbocycles. The van der Waals surface area contributed by atoms with E-state index in [1.165, 1.54) is 4.90 Å². The molecule has 0 aliphatic heterocycles. The maximum atomic E-state index is 12.5. The molecule has 0 bridgehead atoms. The summed E-state index contributed by atoms with van der Waals surface area (Å²) in [6, 6.07) is -0.264. The molecule has 0 aromatic rings. The van der Waals surface area contributed by atoms with Crippen LogP contribution in [0.2, 0.25) is 0 Å². The van der Waals surface area contributed by atoms with Gasteiger partial charge in [-0.2, -0.15) is 0 Å². The number of hydrogen-bond donors (Lipinski definition) is 2. The first-order chi connectivity index (χ1) is 11.8. The zero-order valence-electron chi connectivity index (χ0n) is 16.5. The highest BCUT2D eigenvalue weighted by Gasteiger charge is 2.33. The Labute approximate surface area is 155 Å². The van der Waals surface area contributed by atoms with Crippen LogP contribution in [-0.4, -0.2) is 46.7 Å². The van der Waals surface area contributed by atoms with E-state index in [-0.39, 0.29) is 25.0 Å². The van der Waals surface area contributed by atoms with Crippen molar-refractivity contribution in [3.8, 4) is 0 Å². The molecule has 1 rings (SSSR count). The van der Waals surface area contributed by atoms with Gasteiger partial charge in [0.15, 0.2) is 0 Å². The number of ether oxygens (including phenoxy) is 2. The molecule has 0 aromatic heterocycles. The van der Waals surface area contributed by atoms with Gasteiger partial charge in [0.05, 0.1) is 6.42 Å². The van der Waals surface area contributed by atoms with Gasteiger partial charge < -0.3 is 9.47 Å². The van der Waals surface area contributed by atoms with E-state index in [0.717, 1.165) is 5.57 Å². The maximum Gasteiger partial charge on any atom is 0.411 e. The number of amides is 2. The van der Waals surface area contributed by atoms with Gasteiger partial charge >= 0.3 is 12.1 Å². The Morgan fingerprint density at radius 1 is 1.15 bits per heavy atom. The van der Waals surface area contributed by atoms with Crippen LogP contribution >= 0.6 is 0 Å². The predicted octanol–water partition coefficient (Wildman–Crippen LogP) is 2.03. The molecule has 0 aromatic carbocycles. The monoisotopic (exact) mass is 369 g/mol. The highest BCUT2D eigenvalue weighted by molar-refractivity contribution is 5.82. The SMILES string of the molecule is CC(C)(C)OC(=O)CC1=CCC(N(CC(=O)NN)C(=O)OC(C)(C)C)C1. The second kappa shape index (κ2) is 8.53. The molecule has 148 valence electrons. The fraction of sp³-hybridized carbons (Fsp3) is 0.722. The molecular formula is C18H31N3O5. The number of nitrogens with one attached hydrogen (secondary N) is 1. The molecule has 1 atom stereocenters. The van der Waals surface area contributed by atoms with Gasteiger partial charge in [0, 0.05) is 6.04 Å². The Bertz CT molecular complexity index is 572. The molecule has 3 N–H and O–H groups in total. The van der Waals surface area contributed by atoms with Crippen molar-refractivity contribution >= 4 is 18.0 Å². The van der Waals surface area contributed by atoms with E-state index in [1.807, 2.05) is 32.3 Å². The number of carbonyl (C=O) groups excluding carboxylic acids is 3. The number of hydrogen-bond acceptors (Lipinski definition) is 6. The number of carbonyl (C=O) groups is 3. The topological polar surface area (TPSA) is 111 Å². The number of nitrogens with two attached hydrogens (primary N) is 1. The van der Waals surface area contributed by atoms with E-state index in [4.69, 9.17) is 15.3 Å². The Hall–Kier alpha value is -2.09. The van der Waals surface area contributed by atoms with E-state index >= 15 is 0 Å². The molecule has 1 unspecified atom stereocenters. The van der Waals surface area contributed by atoms with Gasteiger partial charge in [0.1, 0.15) is 17.7 Å². The van der Waals surface area contributed by atoms with Crippen molar-refractivity contribution in [2.24, 2.45) is 5.84 Å². The van der Waals surface area contributed by atoms with Crippen molar-refractivity contribution in [2.45, 2.75) is 78.0 Å². The molecule has 0 radical (unpaired) electrons. The van der Waals surface area contributed by atoms with Crippen molar-refractivity contribution in [1.82, 2.24) is 10.3 Å². The van der Waals surface area contributed by atoms with Crippen LogP contribution in [0.5, 0.6) is 0 Å². The van der Waals surface area contributed by atoms with Crippen molar-refractivity contribution in [3.05, 3.63) is 11.6 Å². The summed E-state index contributed by atoms with van der Waals surface area (Å²) in [6.07, 6.45) is 2.51. The highest BCUT2D eigenvalue weighted by atomic mass is 16.6. The lowest BCUT2D eigenvalue weighted by atomic mass is 10.1. The molecule has 26 heavy (non-hydrogen) atoms. The second-order valence-corrected chi connectivity index (χ2v) is 8.39. The summed E-state index contributed by atoms with van der Waals surface area (Å²) in [4.78, 5) is 37.5. The third kappa shape index (κ3) is 7.86. The summed E-state index contributed by atoms with van der Waals surface area (Å²) in [6.45, 7) is 10.5. The minimum absolute atomic E-state index is 0.166. The Morgan fingerprint density at radius 2 is 1.73 bits per heavy atom. The average molecular weight is 369 g/mol. The first kappa shape index (κ1) is 22.0. The van der Waals surface area contributed by atoms with Crippen molar-refractivity contribution < 1.29 is 23.9 Å². The standard InChI is InChI=1S/C18H31N3O5/c1-17(2,3)25-15(23)10-12-7-8-13(9-12)21(11-14(22)20-19)16(24)26-18(4,5)6/h7,13H,8-11,19H2,1-6H3,(H,20,22). The quantitative estimate of drug-likeness (QED) is 0.252. The summed E-state index contributed by atoms with van der Waals surface area (Å²) in [5.74, 6) is 4.34. The lowest BCUT2D eigenvalue weighted by molar-refractivity contribution is -0.153. The third-order valence-corrected chi connectivity index (χ3v) is 3.51. The van der Waals surface area contributed by atoms with E-state index in [9.17, 15) is 14.4 Å². The third-order valence-electron chi connectivity index (χ3n) is 3.51. The zero-order valence-corrected chi connectivity index (χ0v) is 16.5. The minimum atomic E-state index is -0.681. The number of hydrazine groups is 1. The maximum absolute atomic E-state index is 12.5. The van der Waals surface area contributed by atoms with Crippen LogP contribution in [0.1, 0.15) is 60.8 Å². The fourth-order valence-electron chi connectivity index (χ4n) is 2.58. The summed E-state index contributed by atoms with van der Waals surface area (Å²) in [7, 11) is 0. The van der Waals surface area contributed by atoms with Crippen LogP contribution in [0.3, 0.4) is 0 Å². The van der Waals surface area contributed by atoms with Crippen molar-refractivity contribution in [3.63, 3.8) is 0 Å². The summed E-state index contributed by atoms with van der Waals surface area (Å²) < 4.78 is 10.7. The molecule has 0 fully saturated rings. The predicted molar refractivity (Wildman–Crippen MR) is 96.8 cm³/mol. The summed E-state index contributed by atoms with van der Waals surface area (Å²) in [5, 5.41) is 0. The number of nitrogens with zero attached hydrogens (tertiary/aromatic N) is 1. The van der Waals surface area contributed by atoms with E-state index in [0.29, 0.717) is 12.8 Å². The van der Waals surface area contributed by atoms with Gasteiger partial charge in [0.25, 0.3) is 5.91 Å². The zero-order chi connectivity index (χ0) is 20.1. The van der Waals surface area contributed by atoms with E-state index in [2.05, 4.69) is 0 Å². The van der Waals surface area contributed by atoms with Gasteiger partial charge in [-0.1, -0.05) is 11.6 Å². The Balaban J connectivity index is 2.74. The van der Waals surface area contributed by atoms with Gasteiger partial charge in [-0.05, 0) is 54.4 Å². The summed E-state index contributed by atoms with van der Waals surface area (Å²) >= 11 is 0. The molecule has 0 saturated heterocycles. The molecule has 2 amide bonds. The number of rotatable bonds is 5. The smallest absolute Gasteiger partial charge is 0.411 e. The largest absolute Gasteiger partial charge is 0.460 e. The molecule has 0 spiro atoms. The average Bonchev–Trinajstić information content (AvgIpc) is 2.88. The van der Waals surface area contributed by atoms with Crippen LogP contribution in [-0.2, 0) is 19.1 Å². The Morgan fingerprint density at radius 3 is 2.23 bits per heavy atom. The van der Waals surface area contributed by atoms with E-state index in [1.54, 1.807) is 20.8 Å². The van der Waals surface area contributed by atoms with E-state index < -0.39 is 23.2 Å². The first-order valence-corrected chi connectivity index (χ1v) is 8.69. The highest BCUT2D eigenvalue weighted by Crippen LogP contribution is 2.28. The molecular weight excluding hydrogens is 338 g/mol. The molecule has 8 heteroatoms. The lowest BCUT2D eigenvalue weighted by Crippen LogP contribution is -2.48. The van der Waals surface area contributed by atoms with Crippen LogP contribution < -0.4 is 11.3 Å². The lowest BCUT2D eigenvalue weighted by Gasteiger charge is -2.31. The second-order valence-electron chi connectivity index (χ2n) is 8.39. The normalized spacial score (nSPS) is 17.3. The number of esters is 1. The fourth-order valence-corrected chi connectivity index (χ4v) is 2.58. The van der Waals surface area contributed by atoms with Crippen LogP contribution in [0, 0.1) is 0 Å². The van der Waals surface area contributed by atoms with Crippen molar-refractivity contribution in [1.29, 1.82) is 0 Å². The van der Waals surface area contributed by atoms with Crippen molar-refractivity contribution in [2.75, 3.05) is 6.54 Å². The van der Waals surface area contributed by atoms with Gasteiger partial charge in [0.2, 0.25) is 0 Å². The van der Waals surface area contributed by atoms with Crippen LogP contribution in [0.25, 0.3) is 0 Å². The molecule has 1 aliphatic carbocycles. The first-order valence-electron chi connectivity index (χ1n) is 8.69. The molecule has 0 heterocycles. The minimum Gasteiger partial charge on any atom is -0.460 e.